The molecule has 0 radical (unpaired) electrons. The molecule has 1 aromatic heterocycles. The second kappa shape index (κ2) is 7.43. The van der Waals surface area contributed by atoms with Gasteiger partial charge in [-0.25, -0.2) is 9.36 Å². The molecule has 0 spiro atoms. The van der Waals surface area contributed by atoms with Crippen LogP contribution < -0.4 is 10.4 Å². The molecule has 0 aliphatic carbocycles. The lowest BCUT2D eigenvalue weighted by atomic mass is 10.1. The third kappa shape index (κ3) is 3.37. The molecule has 7 nitrogen and oxygen atoms in total. The highest BCUT2D eigenvalue weighted by Gasteiger charge is 2.49. The number of likely N-dealkylation sites (tertiary alicyclic amines) is 1. The van der Waals surface area contributed by atoms with Gasteiger partial charge in [-0.05, 0) is 42.3 Å². The van der Waals surface area contributed by atoms with Gasteiger partial charge in [0.2, 0.25) is 11.8 Å². The molecule has 0 unspecified atom stereocenters. The normalized spacial score (nSPS) is 19.1. The number of methoxy groups -OCH3 is 1. The van der Waals surface area contributed by atoms with E-state index in [1.807, 2.05) is 6.07 Å². The molecule has 2 bridgehead atoms. The number of benzene rings is 2. The predicted molar refractivity (Wildman–Crippen MR) is 112 cm³/mol. The molecule has 1 amide bonds. The molecular weight excluding hydrogens is 439 g/mol. The van der Waals surface area contributed by atoms with Gasteiger partial charge in [-0.2, -0.15) is 13.2 Å². The van der Waals surface area contributed by atoms with E-state index in [1.54, 1.807) is 23.1 Å². The van der Waals surface area contributed by atoms with Crippen molar-refractivity contribution in [2.24, 2.45) is 0 Å². The molecule has 3 heterocycles. The zero-order valence-electron chi connectivity index (χ0n) is 17.5. The number of carbonyl (C=O) groups excluding carboxylic acids is 1. The highest BCUT2D eigenvalue weighted by Crippen LogP contribution is 2.48. The monoisotopic (exact) mass is 459 g/mol. The van der Waals surface area contributed by atoms with Crippen LogP contribution in [0.3, 0.4) is 0 Å². The number of imidazole rings is 1. The Morgan fingerprint density at radius 2 is 1.94 bits per heavy atom. The number of hydrogen-bond acceptors (Lipinski definition) is 4. The SMILES string of the molecule is COc1cccc(CC(=O)N2C[C@@H]3C[C@H]2c2c(O)n(-c4cccc(C(F)(F)F)c4)c(=O)n23)c1. The molecular formula is C23H20F3N3O4. The van der Waals surface area contributed by atoms with E-state index in [0.29, 0.717) is 18.7 Å². The van der Waals surface area contributed by atoms with Crippen LogP contribution in [0.1, 0.15) is 35.3 Å². The van der Waals surface area contributed by atoms with Crippen LogP contribution in [-0.4, -0.2) is 38.7 Å². The number of nitrogens with zero attached hydrogens (tertiary/aromatic N) is 3. The first-order valence-electron chi connectivity index (χ1n) is 10.3. The van der Waals surface area contributed by atoms with E-state index < -0.39 is 29.4 Å². The number of carbonyl (C=O) groups is 1. The smallest absolute Gasteiger partial charge is 0.416 e. The zero-order chi connectivity index (χ0) is 23.5. The Balaban J connectivity index is 1.47. The number of hydrogen-bond donors (Lipinski definition) is 1. The largest absolute Gasteiger partial charge is 0.497 e. The van der Waals surface area contributed by atoms with Crippen LogP contribution in [0.25, 0.3) is 5.69 Å². The van der Waals surface area contributed by atoms with Crippen LogP contribution in [0.5, 0.6) is 11.6 Å². The van der Waals surface area contributed by atoms with Gasteiger partial charge in [-0.15, -0.1) is 0 Å². The Morgan fingerprint density at radius 3 is 2.67 bits per heavy atom. The number of halogens is 3. The molecule has 2 atom stereocenters. The highest BCUT2D eigenvalue weighted by atomic mass is 19.4. The summed E-state index contributed by atoms with van der Waals surface area (Å²) in [6, 6.07) is 10.5. The minimum absolute atomic E-state index is 0.0807. The Morgan fingerprint density at radius 1 is 1.18 bits per heavy atom. The van der Waals surface area contributed by atoms with Crippen LogP contribution in [-0.2, 0) is 17.4 Å². The molecule has 0 saturated carbocycles. The van der Waals surface area contributed by atoms with Gasteiger partial charge in [0.1, 0.15) is 11.4 Å². The van der Waals surface area contributed by atoms with Crippen LogP contribution in [0.2, 0.25) is 0 Å². The summed E-state index contributed by atoms with van der Waals surface area (Å²) in [6.07, 6.45) is -3.98. The average molecular weight is 459 g/mol. The van der Waals surface area contributed by atoms with Crippen molar-refractivity contribution >= 4 is 5.91 Å². The second-order valence-electron chi connectivity index (χ2n) is 8.22. The summed E-state index contributed by atoms with van der Waals surface area (Å²) >= 11 is 0. The fourth-order valence-electron chi connectivity index (χ4n) is 4.83. The summed E-state index contributed by atoms with van der Waals surface area (Å²) in [7, 11) is 1.54. The number of alkyl halides is 3. The highest BCUT2D eigenvalue weighted by molar-refractivity contribution is 5.80. The number of rotatable bonds is 4. The fourth-order valence-corrected chi connectivity index (χ4v) is 4.83. The van der Waals surface area contributed by atoms with Gasteiger partial charge in [-0.1, -0.05) is 18.2 Å². The van der Waals surface area contributed by atoms with E-state index >= 15 is 0 Å². The Bertz CT molecular complexity index is 1310. The van der Waals surface area contributed by atoms with Crippen molar-refractivity contribution in [1.82, 2.24) is 14.0 Å². The average Bonchev–Trinajstić information content (AvgIpc) is 3.45. The summed E-state index contributed by atoms with van der Waals surface area (Å²) in [5.41, 5.74) is -0.592. The van der Waals surface area contributed by atoms with Crippen molar-refractivity contribution in [3.8, 4) is 17.3 Å². The lowest BCUT2D eigenvalue weighted by molar-refractivity contribution is -0.137. The molecule has 2 aliphatic heterocycles. The number of aromatic hydroxyl groups is 1. The molecule has 1 fully saturated rings. The van der Waals surface area contributed by atoms with Crippen LogP contribution >= 0.6 is 0 Å². The first-order chi connectivity index (χ1) is 15.7. The number of ether oxygens (including phenoxy) is 1. The minimum Gasteiger partial charge on any atom is -0.497 e. The van der Waals surface area contributed by atoms with E-state index in [-0.39, 0.29) is 29.8 Å². The van der Waals surface area contributed by atoms with Gasteiger partial charge in [0, 0.05) is 6.54 Å². The van der Waals surface area contributed by atoms with E-state index in [4.69, 9.17) is 4.74 Å². The van der Waals surface area contributed by atoms with Crippen molar-refractivity contribution in [3.05, 3.63) is 75.8 Å². The third-order valence-corrected chi connectivity index (χ3v) is 6.30. The summed E-state index contributed by atoms with van der Waals surface area (Å²) in [4.78, 5) is 27.7. The van der Waals surface area contributed by atoms with Gasteiger partial charge < -0.3 is 14.7 Å². The van der Waals surface area contributed by atoms with Gasteiger partial charge in [-0.3, -0.25) is 9.36 Å². The first kappa shape index (κ1) is 21.2. The maximum absolute atomic E-state index is 13.1. The van der Waals surface area contributed by atoms with Gasteiger partial charge in [0.15, 0.2) is 0 Å². The number of aromatic nitrogens is 2. The molecule has 1 saturated heterocycles. The van der Waals surface area contributed by atoms with E-state index in [1.165, 1.54) is 23.8 Å². The Kier molecular flexibility index (Phi) is 4.77. The van der Waals surface area contributed by atoms with Gasteiger partial charge in [0.05, 0.1) is 36.9 Å². The fraction of sp³-hybridized carbons (Fsp3) is 0.304. The number of amides is 1. The molecule has 10 heteroatoms. The van der Waals surface area contributed by atoms with Crippen LogP contribution in [0.4, 0.5) is 13.2 Å². The first-order valence-corrected chi connectivity index (χ1v) is 10.3. The summed E-state index contributed by atoms with van der Waals surface area (Å²) in [6.45, 7) is 0.298. The molecule has 33 heavy (non-hydrogen) atoms. The van der Waals surface area contributed by atoms with Crippen molar-refractivity contribution in [2.45, 2.75) is 31.1 Å². The molecule has 172 valence electrons. The third-order valence-electron chi connectivity index (χ3n) is 6.30. The quantitative estimate of drug-likeness (QED) is 0.649. The lowest BCUT2D eigenvalue weighted by Crippen LogP contribution is -2.38. The molecule has 5 rings (SSSR count). The van der Waals surface area contributed by atoms with E-state index in [9.17, 15) is 27.9 Å². The summed E-state index contributed by atoms with van der Waals surface area (Å²) in [5, 5.41) is 10.9. The minimum atomic E-state index is -4.58. The zero-order valence-corrected chi connectivity index (χ0v) is 17.5. The Hall–Kier alpha value is -3.69. The van der Waals surface area contributed by atoms with Gasteiger partial charge >= 0.3 is 11.9 Å². The van der Waals surface area contributed by atoms with Gasteiger partial charge in [0.25, 0.3) is 0 Å². The van der Waals surface area contributed by atoms with Crippen LogP contribution in [0, 0.1) is 0 Å². The number of fused-ring (bicyclic) bond motifs is 5. The standard InChI is InChI=1S/C23H20F3N3O4/c1-33-17-7-2-4-13(8-17)9-19(30)27-12-16-11-18(27)20-21(31)29(22(32)28(16)20)15-6-3-5-14(10-15)23(24,25)26/h2-8,10,16,18,31H,9,11-12H2,1H3/t16-,18-/m0/s1. The summed E-state index contributed by atoms with van der Waals surface area (Å²) in [5.74, 6) is 0.0271. The topological polar surface area (TPSA) is 76.7 Å². The Labute approximate surface area is 186 Å². The molecule has 2 aliphatic rings. The van der Waals surface area contributed by atoms with E-state index in [0.717, 1.165) is 22.3 Å². The van der Waals surface area contributed by atoms with Crippen LogP contribution in [0.15, 0.2) is 53.3 Å². The summed E-state index contributed by atoms with van der Waals surface area (Å²) < 4.78 is 46.9. The van der Waals surface area contributed by atoms with E-state index in [2.05, 4.69) is 0 Å². The van der Waals surface area contributed by atoms with Crippen molar-refractivity contribution < 1.29 is 27.8 Å². The molecule has 3 aromatic rings. The van der Waals surface area contributed by atoms with Crippen molar-refractivity contribution in [3.63, 3.8) is 0 Å². The lowest BCUT2D eigenvalue weighted by Gasteiger charge is -2.27. The second-order valence-corrected chi connectivity index (χ2v) is 8.22. The van der Waals surface area contributed by atoms with Crippen molar-refractivity contribution in [1.29, 1.82) is 0 Å². The van der Waals surface area contributed by atoms with Crippen molar-refractivity contribution in [2.75, 3.05) is 13.7 Å². The molecule has 2 aromatic carbocycles. The maximum Gasteiger partial charge on any atom is 0.416 e. The molecule has 1 N–H and O–H groups in total. The maximum atomic E-state index is 13.1. The predicted octanol–water partition coefficient (Wildman–Crippen LogP) is 3.44.